The van der Waals surface area contributed by atoms with E-state index >= 15 is 0 Å². The normalized spacial score (nSPS) is 10.5. The predicted molar refractivity (Wildman–Crippen MR) is 79.6 cm³/mol. The Balaban J connectivity index is 2.33. The summed E-state index contributed by atoms with van der Waals surface area (Å²) >= 11 is 3.22. The zero-order valence-corrected chi connectivity index (χ0v) is 12.6. The molecule has 1 aromatic heterocycles. The van der Waals surface area contributed by atoms with Crippen LogP contribution in [0.2, 0.25) is 0 Å². The Labute approximate surface area is 121 Å². The lowest BCUT2D eigenvalue weighted by atomic mass is 10.0. The third-order valence-corrected chi connectivity index (χ3v) is 3.71. The molecule has 1 amide bonds. The van der Waals surface area contributed by atoms with Gasteiger partial charge in [-0.25, -0.2) is 0 Å². The van der Waals surface area contributed by atoms with E-state index in [2.05, 4.69) is 35.1 Å². The molecule has 0 saturated heterocycles. The topological polar surface area (TPSA) is 42.2 Å². The molecule has 0 fully saturated rings. The number of carbonyl (C=O) groups is 1. The molecule has 1 aromatic carbocycles. The van der Waals surface area contributed by atoms with E-state index in [9.17, 15) is 4.79 Å². The predicted octanol–water partition coefficient (Wildman–Crippen LogP) is 4.42. The van der Waals surface area contributed by atoms with Crippen LogP contribution in [0.5, 0.6) is 0 Å². The minimum absolute atomic E-state index is 0.156. The van der Waals surface area contributed by atoms with Crippen molar-refractivity contribution >= 4 is 27.5 Å². The van der Waals surface area contributed by atoms with Gasteiger partial charge in [-0.05, 0) is 46.0 Å². The fourth-order valence-electron chi connectivity index (χ4n) is 2.04. The van der Waals surface area contributed by atoms with Crippen LogP contribution < -0.4 is 5.32 Å². The van der Waals surface area contributed by atoms with Crippen LogP contribution in [-0.2, 0) is 12.8 Å². The highest BCUT2D eigenvalue weighted by Crippen LogP contribution is 2.25. The number of nitrogens with one attached hydrogen (secondary N) is 1. The average Bonchev–Trinajstić information content (AvgIpc) is 2.85. The number of halogens is 1. The summed E-state index contributed by atoms with van der Waals surface area (Å²) in [5, 5.41) is 3.00. The zero-order chi connectivity index (χ0) is 13.8. The van der Waals surface area contributed by atoms with Crippen LogP contribution >= 0.6 is 15.9 Å². The molecule has 0 aliphatic rings. The molecule has 4 heteroatoms. The van der Waals surface area contributed by atoms with E-state index in [1.165, 1.54) is 6.26 Å². The van der Waals surface area contributed by atoms with E-state index in [0.29, 0.717) is 10.2 Å². The van der Waals surface area contributed by atoms with Gasteiger partial charge in [0.25, 0.3) is 5.91 Å². The molecule has 0 aliphatic heterocycles. The molecular weight excluding hydrogens is 306 g/mol. The first-order chi connectivity index (χ1) is 9.17. The van der Waals surface area contributed by atoms with Gasteiger partial charge in [-0.15, -0.1) is 0 Å². The number of hydrogen-bond donors (Lipinski definition) is 1. The van der Waals surface area contributed by atoms with Gasteiger partial charge < -0.3 is 9.73 Å². The number of rotatable bonds is 4. The van der Waals surface area contributed by atoms with Gasteiger partial charge in [0.2, 0.25) is 0 Å². The molecule has 100 valence electrons. The Morgan fingerprint density at radius 3 is 2.32 bits per heavy atom. The number of aryl methyl sites for hydroxylation is 2. The maximum absolute atomic E-state index is 12.2. The summed E-state index contributed by atoms with van der Waals surface area (Å²) in [5.74, 6) is -0.156. The van der Waals surface area contributed by atoms with Crippen molar-refractivity contribution in [3.05, 3.63) is 51.9 Å². The lowest BCUT2D eigenvalue weighted by Gasteiger charge is -2.14. The lowest BCUT2D eigenvalue weighted by molar-refractivity contribution is 0.102. The minimum atomic E-state index is -0.156. The molecule has 1 heterocycles. The second-order valence-corrected chi connectivity index (χ2v) is 4.94. The molecule has 0 saturated carbocycles. The van der Waals surface area contributed by atoms with Crippen molar-refractivity contribution in [3.63, 3.8) is 0 Å². The van der Waals surface area contributed by atoms with Gasteiger partial charge in [0.05, 0.1) is 11.8 Å². The monoisotopic (exact) mass is 321 g/mol. The van der Waals surface area contributed by atoms with E-state index in [1.807, 2.05) is 18.2 Å². The first kappa shape index (κ1) is 13.9. The number of amides is 1. The summed E-state index contributed by atoms with van der Waals surface area (Å²) in [6, 6.07) is 7.76. The van der Waals surface area contributed by atoms with E-state index in [0.717, 1.165) is 29.7 Å². The van der Waals surface area contributed by atoms with Gasteiger partial charge in [-0.2, -0.15) is 0 Å². The molecule has 0 aliphatic carbocycles. The van der Waals surface area contributed by atoms with Crippen molar-refractivity contribution in [2.75, 3.05) is 5.32 Å². The van der Waals surface area contributed by atoms with E-state index in [1.54, 1.807) is 6.07 Å². The van der Waals surface area contributed by atoms with E-state index in [4.69, 9.17) is 4.42 Å². The maximum atomic E-state index is 12.2. The van der Waals surface area contributed by atoms with Crippen LogP contribution in [0.1, 0.15) is 35.3 Å². The van der Waals surface area contributed by atoms with Gasteiger partial charge in [0.15, 0.2) is 4.67 Å². The van der Waals surface area contributed by atoms with Crippen LogP contribution in [0, 0.1) is 0 Å². The van der Waals surface area contributed by atoms with Crippen molar-refractivity contribution in [2.45, 2.75) is 26.7 Å². The number of benzene rings is 1. The molecule has 19 heavy (non-hydrogen) atoms. The molecular formula is C15H16BrNO2. The maximum Gasteiger partial charge on any atom is 0.260 e. The third kappa shape index (κ3) is 2.89. The van der Waals surface area contributed by atoms with Crippen molar-refractivity contribution in [1.29, 1.82) is 0 Å². The molecule has 0 bridgehead atoms. The standard InChI is InChI=1S/C15H16BrNO2/c1-3-10-6-5-7-11(4-2)13(10)17-15(18)12-8-9-19-14(12)16/h5-9H,3-4H2,1-2H3,(H,17,18). The van der Waals surface area contributed by atoms with Crippen molar-refractivity contribution in [3.8, 4) is 0 Å². The highest BCUT2D eigenvalue weighted by molar-refractivity contribution is 9.10. The number of para-hydroxylation sites is 1. The van der Waals surface area contributed by atoms with Crippen LogP contribution in [0.15, 0.2) is 39.6 Å². The summed E-state index contributed by atoms with van der Waals surface area (Å²) in [5.41, 5.74) is 3.72. The summed E-state index contributed by atoms with van der Waals surface area (Å²) < 4.78 is 5.55. The Morgan fingerprint density at radius 1 is 1.21 bits per heavy atom. The van der Waals surface area contributed by atoms with Gasteiger partial charge >= 0.3 is 0 Å². The first-order valence-corrected chi connectivity index (χ1v) is 7.11. The van der Waals surface area contributed by atoms with E-state index < -0.39 is 0 Å². The number of anilines is 1. The number of furan rings is 1. The van der Waals surface area contributed by atoms with Crippen molar-refractivity contribution in [2.24, 2.45) is 0 Å². The van der Waals surface area contributed by atoms with Crippen molar-refractivity contribution in [1.82, 2.24) is 0 Å². The molecule has 3 nitrogen and oxygen atoms in total. The van der Waals surface area contributed by atoms with Crippen LogP contribution in [-0.4, -0.2) is 5.91 Å². The fourth-order valence-corrected chi connectivity index (χ4v) is 2.46. The number of carbonyl (C=O) groups excluding carboxylic acids is 1. The molecule has 0 unspecified atom stereocenters. The Bertz CT molecular complexity index is 567. The molecule has 1 N–H and O–H groups in total. The lowest BCUT2D eigenvalue weighted by Crippen LogP contribution is -2.14. The van der Waals surface area contributed by atoms with Crippen LogP contribution in [0.3, 0.4) is 0 Å². The molecule has 2 rings (SSSR count). The quantitative estimate of drug-likeness (QED) is 0.905. The molecule has 0 atom stereocenters. The largest absolute Gasteiger partial charge is 0.457 e. The van der Waals surface area contributed by atoms with Gasteiger partial charge in [0.1, 0.15) is 0 Å². The SMILES string of the molecule is CCc1cccc(CC)c1NC(=O)c1ccoc1Br. The highest BCUT2D eigenvalue weighted by atomic mass is 79.9. The third-order valence-electron chi connectivity index (χ3n) is 3.10. The molecule has 2 aromatic rings. The minimum Gasteiger partial charge on any atom is -0.457 e. The highest BCUT2D eigenvalue weighted by Gasteiger charge is 2.15. The Hall–Kier alpha value is -1.55. The van der Waals surface area contributed by atoms with E-state index in [-0.39, 0.29) is 5.91 Å². The first-order valence-electron chi connectivity index (χ1n) is 6.32. The zero-order valence-electron chi connectivity index (χ0n) is 11.0. The van der Waals surface area contributed by atoms with Crippen LogP contribution in [0.25, 0.3) is 0 Å². The fraction of sp³-hybridized carbons (Fsp3) is 0.267. The van der Waals surface area contributed by atoms with Crippen molar-refractivity contribution < 1.29 is 9.21 Å². The van der Waals surface area contributed by atoms with Gasteiger partial charge in [-0.3, -0.25) is 4.79 Å². The van der Waals surface area contributed by atoms with Gasteiger partial charge in [0, 0.05) is 5.69 Å². The second kappa shape index (κ2) is 6.06. The summed E-state index contributed by atoms with van der Waals surface area (Å²) in [7, 11) is 0. The Kier molecular flexibility index (Phi) is 4.43. The second-order valence-electron chi connectivity index (χ2n) is 4.22. The average molecular weight is 322 g/mol. The molecule has 0 radical (unpaired) electrons. The van der Waals surface area contributed by atoms with Gasteiger partial charge in [-0.1, -0.05) is 32.0 Å². The van der Waals surface area contributed by atoms with Crippen LogP contribution in [0.4, 0.5) is 5.69 Å². The smallest absolute Gasteiger partial charge is 0.260 e. The summed E-state index contributed by atoms with van der Waals surface area (Å²) in [6.07, 6.45) is 3.26. The number of hydrogen-bond acceptors (Lipinski definition) is 2. The Morgan fingerprint density at radius 2 is 1.84 bits per heavy atom. The molecule has 0 spiro atoms. The summed E-state index contributed by atoms with van der Waals surface area (Å²) in [6.45, 7) is 4.16. The summed E-state index contributed by atoms with van der Waals surface area (Å²) in [4.78, 5) is 12.2.